The van der Waals surface area contributed by atoms with Gasteiger partial charge in [-0.15, -0.1) is 0 Å². The van der Waals surface area contributed by atoms with Crippen LogP contribution in [0.4, 0.5) is 0 Å². The average molecular weight is 86.1 g/mol. The maximum Gasteiger partial charge on any atom is 0.0801 e. The summed E-state index contributed by atoms with van der Waals surface area (Å²) in [5.74, 6) is 0.343. The van der Waals surface area contributed by atoms with E-state index in [-0.39, 0.29) is 0 Å². The van der Waals surface area contributed by atoms with E-state index in [1.165, 1.54) is 0 Å². The summed E-state index contributed by atoms with van der Waals surface area (Å²) >= 11 is 0. The van der Waals surface area contributed by atoms with E-state index in [2.05, 4.69) is 6.92 Å². The van der Waals surface area contributed by atoms with Gasteiger partial charge in [0.15, 0.2) is 0 Å². The van der Waals surface area contributed by atoms with E-state index < -0.39 is 0 Å². The molecule has 0 aliphatic heterocycles. The van der Waals surface area contributed by atoms with E-state index >= 15 is 0 Å². The van der Waals surface area contributed by atoms with E-state index in [1.807, 2.05) is 6.92 Å². The molecule has 0 aliphatic carbocycles. The highest BCUT2D eigenvalue weighted by Crippen LogP contribution is 1.97. The van der Waals surface area contributed by atoms with Gasteiger partial charge in [0.05, 0.1) is 6.61 Å². The zero-order chi connectivity index (χ0) is 4.99. The van der Waals surface area contributed by atoms with E-state index in [9.17, 15) is 0 Å². The predicted octanol–water partition coefficient (Wildman–Crippen LogP) is 1.38. The molecule has 1 heteroatoms. The third-order valence-corrected chi connectivity index (χ3v) is 0.508. The highest BCUT2D eigenvalue weighted by Gasteiger charge is 1.87. The molecule has 6 heavy (non-hydrogen) atoms. The van der Waals surface area contributed by atoms with Gasteiger partial charge in [-0.1, -0.05) is 13.8 Å². The van der Waals surface area contributed by atoms with Gasteiger partial charge in [0.25, 0.3) is 0 Å². The van der Waals surface area contributed by atoms with Crippen molar-refractivity contribution in [3.63, 3.8) is 0 Å². The lowest BCUT2D eigenvalue weighted by molar-refractivity contribution is 0.358. The molecule has 0 aromatic carbocycles. The van der Waals surface area contributed by atoms with Gasteiger partial charge >= 0.3 is 0 Å². The Kier molecular flexibility index (Phi) is 3.14. The number of hydrogen-bond donors (Lipinski definition) is 1. The molecule has 0 saturated heterocycles. The molecule has 1 nitrogen and oxygen atoms in total. The summed E-state index contributed by atoms with van der Waals surface area (Å²) in [6.45, 7) is 6.72. The van der Waals surface area contributed by atoms with Crippen molar-refractivity contribution in [2.75, 3.05) is 0 Å². The molecule has 0 aromatic rings. The van der Waals surface area contributed by atoms with E-state index in [1.54, 1.807) is 0 Å². The lowest BCUT2D eigenvalue weighted by Crippen LogP contribution is -1.85. The first-order chi connectivity index (χ1) is 2.77. The van der Waals surface area contributed by atoms with Gasteiger partial charge in [-0.2, -0.15) is 0 Å². The minimum absolute atomic E-state index is 0.343. The van der Waals surface area contributed by atoms with Gasteiger partial charge < -0.3 is 5.11 Å². The number of aliphatic hydroxyl groups is 1. The molecule has 1 atom stereocenters. The van der Waals surface area contributed by atoms with Crippen LogP contribution in [0.2, 0.25) is 0 Å². The molecule has 0 fully saturated rings. The third kappa shape index (κ3) is 3.96. The Hall–Kier alpha value is -0.0400. The van der Waals surface area contributed by atoms with Crippen molar-refractivity contribution in [2.24, 2.45) is 5.92 Å². The lowest BCUT2D eigenvalue weighted by atomic mass is 10.2. The number of aliphatic hydroxyl groups excluding tert-OH is 1. The van der Waals surface area contributed by atoms with Gasteiger partial charge in [-0.3, -0.25) is 0 Å². The van der Waals surface area contributed by atoms with Gasteiger partial charge in [-0.05, 0) is 12.3 Å². The number of rotatable bonds is 2. The molecule has 36 valence electrons. The van der Waals surface area contributed by atoms with E-state index in [0.29, 0.717) is 12.3 Å². The third-order valence-electron chi connectivity index (χ3n) is 0.508. The van der Waals surface area contributed by atoms with Crippen LogP contribution >= 0.6 is 0 Å². The first-order valence-corrected chi connectivity index (χ1v) is 2.06. The largest absolute Gasteiger partial charge is 0.390 e. The van der Waals surface area contributed by atoms with Crippen LogP contribution in [0.15, 0.2) is 0 Å². The fraction of sp³-hybridized carbons (Fsp3) is 0.600. The van der Waals surface area contributed by atoms with Crippen LogP contribution in [-0.4, -0.2) is 5.11 Å². The van der Waals surface area contributed by atoms with E-state index in [4.69, 9.17) is 5.11 Å². The maximum atomic E-state index is 8.07. The Morgan fingerprint density at radius 2 is 2.50 bits per heavy atom. The van der Waals surface area contributed by atoms with Crippen LogP contribution in [0.3, 0.4) is 0 Å². The van der Waals surface area contributed by atoms with Crippen molar-refractivity contribution in [2.45, 2.75) is 13.3 Å². The molecule has 0 heterocycles. The molecule has 0 aromatic heterocycles. The minimum Gasteiger partial charge on any atom is -0.390 e. The Bertz CT molecular complexity index is 25.1. The van der Waals surface area contributed by atoms with Crippen molar-refractivity contribution >= 4 is 0 Å². The second-order valence-electron chi connectivity index (χ2n) is 1.52. The van der Waals surface area contributed by atoms with Crippen LogP contribution < -0.4 is 0 Å². The summed E-state index contributed by atoms with van der Waals surface area (Å²) < 4.78 is 0. The first kappa shape index (κ1) is 5.96. The first-order valence-electron chi connectivity index (χ1n) is 2.06. The standard InChI is InChI=1S/C5H10O/c1-5(2)3-4-6/h4-6H,1,3H2,2H3. The summed E-state index contributed by atoms with van der Waals surface area (Å²) in [6, 6.07) is 0. The fourth-order valence-corrected chi connectivity index (χ4v) is 0.180. The highest BCUT2D eigenvalue weighted by atomic mass is 16.2. The smallest absolute Gasteiger partial charge is 0.0801 e. The quantitative estimate of drug-likeness (QED) is 0.538. The fourth-order valence-electron chi connectivity index (χ4n) is 0.180. The molecular formula is C5H10O. The van der Waals surface area contributed by atoms with Gasteiger partial charge in [0, 0.05) is 0 Å². The topological polar surface area (TPSA) is 20.2 Å². The summed E-state index contributed by atoms with van der Waals surface area (Å²) in [6.07, 6.45) is 0.694. The molecule has 1 unspecified atom stereocenters. The summed E-state index contributed by atoms with van der Waals surface area (Å²) in [4.78, 5) is 0. The van der Waals surface area contributed by atoms with Crippen molar-refractivity contribution in [1.82, 2.24) is 0 Å². The van der Waals surface area contributed by atoms with Crippen LogP contribution in [-0.2, 0) is 0 Å². The van der Waals surface area contributed by atoms with Gasteiger partial charge in [0.1, 0.15) is 0 Å². The van der Waals surface area contributed by atoms with Crippen LogP contribution in [0.1, 0.15) is 13.3 Å². The Morgan fingerprint density at radius 3 is 2.50 bits per heavy atom. The second-order valence-corrected chi connectivity index (χ2v) is 1.52. The Labute approximate surface area is 39.0 Å². The van der Waals surface area contributed by atoms with Crippen molar-refractivity contribution in [3.05, 3.63) is 13.5 Å². The van der Waals surface area contributed by atoms with E-state index in [0.717, 1.165) is 6.61 Å². The van der Waals surface area contributed by atoms with Crippen LogP contribution in [0.25, 0.3) is 0 Å². The zero-order valence-electron chi connectivity index (χ0n) is 4.02. The van der Waals surface area contributed by atoms with Crippen molar-refractivity contribution in [3.8, 4) is 0 Å². The number of hydrogen-bond acceptors (Lipinski definition) is 1. The average Bonchev–Trinajstić information content (AvgIpc) is 1.35. The lowest BCUT2D eigenvalue weighted by Gasteiger charge is -1.94. The maximum absolute atomic E-state index is 8.07. The molecule has 0 saturated carbocycles. The normalized spacial score (nSPS) is 10.0. The summed E-state index contributed by atoms with van der Waals surface area (Å²) in [5.41, 5.74) is 0. The monoisotopic (exact) mass is 86.1 g/mol. The van der Waals surface area contributed by atoms with Gasteiger partial charge in [0.2, 0.25) is 0 Å². The van der Waals surface area contributed by atoms with Crippen LogP contribution in [0.5, 0.6) is 0 Å². The molecular weight excluding hydrogens is 76.1 g/mol. The molecule has 0 bridgehead atoms. The highest BCUT2D eigenvalue weighted by molar-refractivity contribution is 4.57. The Balaban J connectivity index is 2.63. The predicted molar refractivity (Wildman–Crippen MR) is 25.4 cm³/mol. The molecule has 1 N–H and O–H groups in total. The second kappa shape index (κ2) is 3.16. The zero-order valence-corrected chi connectivity index (χ0v) is 4.02. The van der Waals surface area contributed by atoms with Gasteiger partial charge in [-0.25, -0.2) is 0 Å². The molecule has 0 amide bonds. The molecule has 2 radical (unpaired) electrons. The minimum atomic E-state index is 0.343. The van der Waals surface area contributed by atoms with Crippen molar-refractivity contribution in [1.29, 1.82) is 0 Å². The SMILES string of the molecule is [CH2]C(C)C[CH]O. The molecule has 0 rings (SSSR count). The summed E-state index contributed by atoms with van der Waals surface area (Å²) in [7, 11) is 0. The summed E-state index contributed by atoms with van der Waals surface area (Å²) in [5, 5.41) is 8.07. The van der Waals surface area contributed by atoms with Crippen LogP contribution in [0, 0.1) is 19.4 Å². The van der Waals surface area contributed by atoms with Crippen molar-refractivity contribution < 1.29 is 5.11 Å². The Morgan fingerprint density at radius 1 is 2.00 bits per heavy atom. The molecule has 0 spiro atoms. The molecule has 0 aliphatic rings.